The fourth-order valence-corrected chi connectivity index (χ4v) is 5.39. The first-order valence-electron chi connectivity index (χ1n) is 7.42. The van der Waals surface area contributed by atoms with Crippen molar-refractivity contribution >= 4 is 11.8 Å². The van der Waals surface area contributed by atoms with Crippen molar-refractivity contribution in [2.24, 2.45) is 16.7 Å². The minimum absolute atomic E-state index is 0.0521. The van der Waals surface area contributed by atoms with Gasteiger partial charge in [0.15, 0.2) is 11.9 Å². The smallest absolute Gasteiger partial charge is 0.336 e. The van der Waals surface area contributed by atoms with Gasteiger partial charge in [0.1, 0.15) is 12.2 Å². The van der Waals surface area contributed by atoms with Gasteiger partial charge in [0.05, 0.1) is 17.1 Å². The van der Waals surface area contributed by atoms with E-state index in [0.717, 1.165) is 0 Å². The SMILES string of the molecule is C[C@@H]1[C@H]2C[C@]3(O)[C@@]14CC(=O)[C@](C)(O)[C@@]3(C)COC(=O)[C@@H]4O2. The summed E-state index contributed by atoms with van der Waals surface area (Å²) >= 11 is 0. The maximum atomic E-state index is 12.6. The Labute approximate surface area is 122 Å². The van der Waals surface area contributed by atoms with Gasteiger partial charge < -0.3 is 19.7 Å². The maximum absolute atomic E-state index is 12.6. The number of rotatable bonds is 0. The molecule has 2 N–H and O–H groups in total. The van der Waals surface area contributed by atoms with E-state index in [4.69, 9.17) is 9.47 Å². The number of cyclic esters (lactones) is 1. The third-order valence-electron chi connectivity index (χ3n) is 7.12. The number of esters is 1. The number of aliphatic hydroxyl groups is 2. The zero-order valence-corrected chi connectivity index (χ0v) is 12.4. The molecule has 21 heavy (non-hydrogen) atoms. The summed E-state index contributed by atoms with van der Waals surface area (Å²) in [6.45, 7) is 4.80. The molecule has 0 unspecified atom stereocenters. The molecule has 4 fully saturated rings. The van der Waals surface area contributed by atoms with Crippen LogP contribution in [0.15, 0.2) is 0 Å². The third kappa shape index (κ3) is 1.06. The molecule has 6 heteroatoms. The van der Waals surface area contributed by atoms with Gasteiger partial charge in [-0.25, -0.2) is 4.79 Å². The molecule has 7 atom stereocenters. The third-order valence-corrected chi connectivity index (χ3v) is 7.12. The number of ether oxygens (including phenoxy) is 2. The second kappa shape index (κ2) is 3.34. The quantitative estimate of drug-likeness (QED) is 0.601. The highest BCUT2D eigenvalue weighted by molar-refractivity contribution is 5.92. The molecule has 116 valence electrons. The lowest BCUT2D eigenvalue weighted by molar-refractivity contribution is -0.268. The Hall–Kier alpha value is -0.980. The number of hydrogen-bond donors (Lipinski definition) is 2. The standard InChI is InChI=1S/C15H20O6/c1-7-8-4-15(19)12(2)6-20-11(17)10(21-8)14(7,15)5-9(16)13(12,3)18/h7-8,10,18-19H,4-6H2,1-3H3/t7-,8-,10+,12-,13+,14+,15-/m1/s1. The minimum atomic E-state index is -1.73. The Balaban J connectivity index is 2.04. The highest BCUT2D eigenvalue weighted by Gasteiger charge is 2.84. The van der Waals surface area contributed by atoms with Gasteiger partial charge in [-0.2, -0.15) is 0 Å². The maximum Gasteiger partial charge on any atom is 0.336 e. The summed E-state index contributed by atoms with van der Waals surface area (Å²) in [5, 5.41) is 22.3. The summed E-state index contributed by atoms with van der Waals surface area (Å²) in [4.78, 5) is 24.9. The van der Waals surface area contributed by atoms with Gasteiger partial charge in [-0.05, 0) is 12.8 Å². The minimum Gasteiger partial charge on any atom is -0.463 e. The normalized spacial score (nSPS) is 61.7. The summed E-state index contributed by atoms with van der Waals surface area (Å²) in [6, 6.07) is 0. The van der Waals surface area contributed by atoms with Gasteiger partial charge in [-0.1, -0.05) is 13.8 Å². The highest BCUT2D eigenvalue weighted by atomic mass is 16.6. The molecule has 2 saturated carbocycles. The monoisotopic (exact) mass is 296 g/mol. The molecular formula is C15H20O6. The lowest BCUT2D eigenvalue weighted by Gasteiger charge is -2.61. The molecule has 1 spiro atoms. The fraction of sp³-hybridized carbons (Fsp3) is 0.867. The van der Waals surface area contributed by atoms with E-state index in [1.165, 1.54) is 6.92 Å². The van der Waals surface area contributed by atoms with Gasteiger partial charge >= 0.3 is 5.97 Å². The summed E-state index contributed by atoms with van der Waals surface area (Å²) in [5.41, 5.74) is -5.30. The van der Waals surface area contributed by atoms with Crippen LogP contribution in [0.1, 0.15) is 33.6 Å². The van der Waals surface area contributed by atoms with E-state index in [-0.39, 0.29) is 30.8 Å². The first kappa shape index (κ1) is 13.7. The first-order valence-corrected chi connectivity index (χ1v) is 7.42. The van der Waals surface area contributed by atoms with Gasteiger partial charge in [0, 0.05) is 18.3 Å². The predicted molar refractivity (Wildman–Crippen MR) is 69.1 cm³/mol. The van der Waals surface area contributed by atoms with E-state index in [1.54, 1.807) is 6.92 Å². The van der Waals surface area contributed by atoms with Crippen LogP contribution in [0.3, 0.4) is 0 Å². The van der Waals surface area contributed by atoms with E-state index in [9.17, 15) is 19.8 Å². The van der Waals surface area contributed by atoms with Crippen molar-refractivity contribution in [3.8, 4) is 0 Å². The van der Waals surface area contributed by atoms with E-state index in [0.29, 0.717) is 6.42 Å². The second-order valence-corrected chi connectivity index (χ2v) is 7.56. The van der Waals surface area contributed by atoms with Crippen LogP contribution in [0.5, 0.6) is 0 Å². The van der Waals surface area contributed by atoms with E-state index in [1.807, 2.05) is 6.92 Å². The van der Waals surface area contributed by atoms with Crippen molar-refractivity contribution in [1.29, 1.82) is 0 Å². The average molecular weight is 296 g/mol. The molecule has 2 saturated heterocycles. The Kier molecular flexibility index (Phi) is 2.17. The van der Waals surface area contributed by atoms with Crippen molar-refractivity contribution in [3.05, 3.63) is 0 Å². The Bertz CT molecular complexity index is 571. The van der Waals surface area contributed by atoms with E-state index >= 15 is 0 Å². The van der Waals surface area contributed by atoms with Crippen molar-refractivity contribution in [2.45, 2.75) is 57.0 Å². The number of ketones is 1. The van der Waals surface area contributed by atoms with Crippen LogP contribution in [0, 0.1) is 16.7 Å². The molecule has 0 aromatic carbocycles. The van der Waals surface area contributed by atoms with Crippen molar-refractivity contribution in [2.75, 3.05) is 6.61 Å². The van der Waals surface area contributed by atoms with Crippen LogP contribution >= 0.6 is 0 Å². The molecule has 0 amide bonds. The molecule has 3 bridgehead atoms. The lowest BCUT2D eigenvalue weighted by Crippen LogP contribution is -2.75. The topological polar surface area (TPSA) is 93.1 Å². The van der Waals surface area contributed by atoms with Crippen LogP contribution in [0.25, 0.3) is 0 Å². The molecule has 0 aromatic heterocycles. The molecule has 0 aromatic rings. The first-order chi connectivity index (χ1) is 9.62. The van der Waals surface area contributed by atoms with Gasteiger partial charge in [-0.15, -0.1) is 0 Å². The van der Waals surface area contributed by atoms with Crippen LogP contribution in [0.4, 0.5) is 0 Å². The lowest BCUT2D eigenvalue weighted by atomic mass is 9.45. The van der Waals surface area contributed by atoms with Crippen LogP contribution in [-0.4, -0.2) is 52.0 Å². The summed E-state index contributed by atoms with van der Waals surface area (Å²) < 4.78 is 11.1. The van der Waals surface area contributed by atoms with Crippen molar-refractivity contribution < 1.29 is 29.3 Å². The second-order valence-electron chi connectivity index (χ2n) is 7.56. The molecule has 2 aliphatic carbocycles. The number of hydrogen-bond acceptors (Lipinski definition) is 6. The Morgan fingerprint density at radius 3 is 2.57 bits per heavy atom. The number of fused-ring (bicyclic) bond motifs is 1. The van der Waals surface area contributed by atoms with E-state index < -0.39 is 34.1 Å². The molecule has 2 aliphatic heterocycles. The van der Waals surface area contributed by atoms with Gasteiger partial charge in [-0.3, -0.25) is 4.79 Å². The van der Waals surface area contributed by atoms with Crippen molar-refractivity contribution in [1.82, 2.24) is 0 Å². The number of Topliss-reactive ketones (excluding diaryl/α,β-unsaturated/α-hetero) is 1. The van der Waals surface area contributed by atoms with E-state index in [2.05, 4.69) is 0 Å². The van der Waals surface area contributed by atoms with Gasteiger partial charge in [0.25, 0.3) is 0 Å². The Morgan fingerprint density at radius 1 is 1.24 bits per heavy atom. The van der Waals surface area contributed by atoms with Crippen molar-refractivity contribution in [3.63, 3.8) is 0 Å². The zero-order chi connectivity index (χ0) is 15.4. The Morgan fingerprint density at radius 2 is 1.90 bits per heavy atom. The summed E-state index contributed by atoms with van der Waals surface area (Å²) in [7, 11) is 0. The molecule has 6 nitrogen and oxygen atoms in total. The zero-order valence-electron chi connectivity index (χ0n) is 12.4. The van der Waals surface area contributed by atoms with Crippen LogP contribution < -0.4 is 0 Å². The fourth-order valence-electron chi connectivity index (χ4n) is 5.39. The van der Waals surface area contributed by atoms with Crippen LogP contribution in [0.2, 0.25) is 0 Å². The largest absolute Gasteiger partial charge is 0.463 e. The molecule has 4 aliphatic rings. The molecule has 0 radical (unpaired) electrons. The average Bonchev–Trinajstić information content (AvgIpc) is 2.79. The molecule has 4 rings (SSSR count). The summed E-state index contributed by atoms with van der Waals surface area (Å²) in [5.74, 6) is -1.01. The molecular weight excluding hydrogens is 276 g/mol. The molecule has 2 heterocycles. The predicted octanol–water partition coefficient (Wildman–Crippen LogP) is -0.202. The number of carbonyl (C=O) groups is 2. The van der Waals surface area contributed by atoms with Crippen LogP contribution in [-0.2, 0) is 19.1 Å². The highest BCUT2D eigenvalue weighted by Crippen LogP contribution is 2.72. The van der Waals surface area contributed by atoms with Gasteiger partial charge in [0.2, 0.25) is 0 Å². The number of carbonyl (C=O) groups excluding carboxylic acids is 2. The summed E-state index contributed by atoms with van der Waals surface area (Å²) in [6.07, 6.45) is -0.935.